The zero-order valence-corrected chi connectivity index (χ0v) is 10.7. The van der Waals surface area contributed by atoms with Crippen molar-refractivity contribution in [3.8, 4) is 0 Å². The quantitative estimate of drug-likeness (QED) is 0.827. The summed E-state index contributed by atoms with van der Waals surface area (Å²) in [6.45, 7) is 4.51. The summed E-state index contributed by atoms with van der Waals surface area (Å²) in [7, 11) is 0. The van der Waals surface area contributed by atoms with E-state index in [1.165, 1.54) is 0 Å². The lowest BCUT2D eigenvalue weighted by Crippen LogP contribution is -2.33. The molecule has 3 nitrogen and oxygen atoms in total. The monoisotopic (exact) mass is 234 g/mol. The van der Waals surface area contributed by atoms with Crippen LogP contribution in [0.1, 0.15) is 45.1 Å². The van der Waals surface area contributed by atoms with E-state index in [0.29, 0.717) is 11.7 Å². The van der Waals surface area contributed by atoms with E-state index in [4.69, 9.17) is 5.73 Å². The van der Waals surface area contributed by atoms with Gasteiger partial charge in [0.2, 0.25) is 0 Å². The van der Waals surface area contributed by atoms with Gasteiger partial charge in [0.15, 0.2) is 0 Å². The molecule has 0 spiro atoms. The molecule has 0 atom stereocenters. The van der Waals surface area contributed by atoms with Gasteiger partial charge in [-0.15, -0.1) is 0 Å². The molecule has 3 N–H and O–H groups in total. The van der Waals surface area contributed by atoms with E-state index in [2.05, 4.69) is 18.8 Å². The zero-order chi connectivity index (χ0) is 12.5. The second-order valence-corrected chi connectivity index (χ2v) is 5.55. The number of nitrogen functional groups attached to an aromatic ring is 1. The highest BCUT2D eigenvalue weighted by Gasteiger charge is 2.36. The number of nitrogens with two attached hydrogens (primary N) is 1. The van der Waals surface area contributed by atoms with E-state index in [-0.39, 0.29) is 0 Å². The molecule has 3 heteroatoms. The van der Waals surface area contributed by atoms with Crippen molar-refractivity contribution in [2.45, 2.75) is 45.1 Å². The van der Waals surface area contributed by atoms with E-state index in [0.717, 1.165) is 37.2 Å². The molecule has 1 aromatic rings. The smallest absolute Gasteiger partial charge is 0.129 e. The van der Waals surface area contributed by atoms with Gasteiger partial charge >= 0.3 is 0 Å². The van der Waals surface area contributed by atoms with Crippen molar-refractivity contribution in [3.63, 3.8) is 0 Å². The van der Waals surface area contributed by atoms with E-state index in [1.807, 2.05) is 12.1 Å². The second kappa shape index (κ2) is 4.65. The summed E-state index contributed by atoms with van der Waals surface area (Å²) >= 11 is 0. The fourth-order valence-corrected chi connectivity index (χ4v) is 2.86. The fourth-order valence-electron chi connectivity index (χ4n) is 2.86. The van der Waals surface area contributed by atoms with Gasteiger partial charge in [-0.05, 0) is 43.6 Å². The van der Waals surface area contributed by atoms with Crippen molar-refractivity contribution in [2.75, 3.05) is 5.73 Å². The molecule has 1 fully saturated rings. The van der Waals surface area contributed by atoms with Crippen LogP contribution in [-0.4, -0.2) is 10.1 Å². The van der Waals surface area contributed by atoms with Crippen LogP contribution in [-0.2, 0) is 5.60 Å². The lowest BCUT2D eigenvalue weighted by atomic mass is 9.72. The summed E-state index contributed by atoms with van der Waals surface area (Å²) in [5.41, 5.74) is 5.91. The Hall–Kier alpha value is -1.09. The third-order valence-corrected chi connectivity index (χ3v) is 4.14. The summed E-state index contributed by atoms with van der Waals surface area (Å²) in [4.78, 5) is 4.07. The third-order valence-electron chi connectivity index (χ3n) is 4.14. The molecule has 0 radical (unpaired) electrons. The van der Waals surface area contributed by atoms with Gasteiger partial charge in [-0.25, -0.2) is 4.98 Å². The van der Waals surface area contributed by atoms with Gasteiger partial charge in [0.1, 0.15) is 5.82 Å². The topological polar surface area (TPSA) is 59.1 Å². The molecule has 1 heterocycles. The third kappa shape index (κ3) is 2.44. The normalized spacial score (nSPS) is 29.5. The summed E-state index contributed by atoms with van der Waals surface area (Å²) in [5.74, 6) is 1.90. The van der Waals surface area contributed by atoms with Crippen LogP contribution >= 0.6 is 0 Å². The molecule has 0 amide bonds. The van der Waals surface area contributed by atoms with Gasteiger partial charge in [0, 0.05) is 11.8 Å². The van der Waals surface area contributed by atoms with Crippen molar-refractivity contribution in [3.05, 3.63) is 23.9 Å². The van der Waals surface area contributed by atoms with Crippen molar-refractivity contribution < 1.29 is 5.11 Å². The number of pyridine rings is 1. The molecule has 2 rings (SSSR count). The molecule has 17 heavy (non-hydrogen) atoms. The number of hydrogen-bond acceptors (Lipinski definition) is 3. The van der Waals surface area contributed by atoms with Gasteiger partial charge in [-0.3, -0.25) is 0 Å². The van der Waals surface area contributed by atoms with Crippen molar-refractivity contribution in [1.29, 1.82) is 0 Å². The standard InChI is InChI=1S/C14H22N2O/c1-10(2)11-5-7-14(17,8-6-11)12-4-3-9-16-13(12)15/h3-4,9-11,17H,5-8H2,1-2H3,(H2,15,16). The Balaban J connectivity index is 2.15. The van der Waals surface area contributed by atoms with Crippen molar-refractivity contribution in [2.24, 2.45) is 11.8 Å². The van der Waals surface area contributed by atoms with E-state index in [1.54, 1.807) is 6.20 Å². The maximum absolute atomic E-state index is 10.7. The molecule has 1 aliphatic carbocycles. The molecule has 1 saturated carbocycles. The van der Waals surface area contributed by atoms with Crippen LogP contribution in [0.15, 0.2) is 18.3 Å². The highest BCUT2D eigenvalue weighted by Crippen LogP contribution is 2.42. The Morgan fingerprint density at radius 1 is 1.41 bits per heavy atom. The first kappa shape index (κ1) is 12.4. The Labute approximate surface area is 103 Å². The average Bonchev–Trinajstić information content (AvgIpc) is 2.30. The average molecular weight is 234 g/mol. The largest absolute Gasteiger partial charge is 0.385 e. The van der Waals surface area contributed by atoms with Gasteiger partial charge in [0.05, 0.1) is 5.60 Å². The van der Waals surface area contributed by atoms with Gasteiger partial charge in [-0.1, -0.05) is 19.9 Å². The first-order valence-corrected chi connectivity index (χ1v) is 6.46. The molecular weight excluding hydrogens is 212 g/mol. The molecule has 0 saturated heterocycles. The lowest BCUT2D eigenvalue weighted by molar-refractivity contribution is -0.0195. The van der Waals surface area contributed by atoms with Gasteiger partial charge in [-0.2, -0.15) is 0 Å². The second-order valence-electron chi connectivity index (χ2n) is 5.55. The minimum Gasteiger partial charge on any atom is -0.385 e. The van der Waals surface area contributed by atoms with Crippen LogP contribution in [0, 0.1) is 11.8 Å². The van der Waals surface area contributed by atoms with Crippen molar-refractivity contribution >= 4 is 5.82 Å². The predicted molar refractivity (Wildman–Crippen MR) is 69.3 cm³/mol. The Morgan fingerprint density at radius 3 is 2.59 bits per heavy atom. The van der Waals surface area contributed by atoms with Crippen LogP contribution < -0.4 is 5.73 Å². The molecule has 1 aliphatic rings. The minimum atomic E-state index is -0.760. The minimum absolute atomic E-state index is 0.470. The molecular formula is C14H22N2O. The van der Waals surface area contributed by atoms with E-state index < -0.39 is 5.60 Å². The molecule has 0 bridgehead atoms. The fraction of sp³-hybridized carbons (Fsp3) is 0.643. The number of nitrogens with zero attached hydrogens (tertiary/aromatic N) is 1. The van der Waals surface area contributed by atoms with Crippen LogP contribution in [0.2, 0.25) is 0 Å². The molecule has 1 aromatic heterocycles. The summed E-state index contributed by atoms with van der Waals surface area (Å²) < 4.78 is 0. The zero-order valence-electron chi connectivity index (χ0n) is 10.7. The Kier molecular flexibility index (Phi) is 3.38. The first-order chi connectivity index (χ1) is 8.03. The Bertz CT molecular complexity index is 382. The van der Waals surface area contributed by atoms with Crippen LogP contribution in [0.5, 0.6) is 0 Å². The summed E-state index contributed by atoms with van der Waals surface area (Å²) in [5, 5.41) is 10.7. The number of rotatable bonds is 2. The van der Waals surface area contributed by atoms with Crippen LogP contribution in [0.3, 0.4) is 0 Å². The maximum atomic E-state index is 10.7. The highest BCUT2D eigenvalue weighted by atomic mass is 16.3. The number of anilines is 1. The SMILES string of the molecule is CC(C)C1CCC(O)(c2cccnc2N)CC1. The van der Waals surface area contributed by atoms with Crippen molar-refractivity contribution in [1.82, 2.24) is 4.98 Å². The Morgan fingerprint density at radius 2 is 2.06 bits per heavy atom. The molecule has 0 aliphatic heterocycles. The highest BCUT2D eigenvalue weighted by molar-refractivity contribution is 5.42. The molecule has 0 aromatic carbocycles. The summed E-state index contributed by atoms with van der Waals surface area (Å²) in [6, 6.07) is 3.75. The van der Waals surface area contributed by atoms with E-state index >= 15 is 0 Å². The molecule has 0 unspecified atom stereocenters. The van der Waals surface area contributed by atoms with Gasteiger partial charge < -0.3 is 10.8 Å². The van der Waals surface area contributed by atoms with Crippen LogP contribution in [0.4, 0.5) is 5.82 Å². The maximum Gasteiger partial charge on any atom is 0.129 e. The first-order valence-electron chi connectivity index (χ1n) is 6.46. The number of aliphatic hydroxyl groups is 1. The van der Waals surface area contributed by atoms with E-state index in [9.17, 15) is 5.11 Å². The predicted octanol–water partition coefficient (Wildman–Crippen LogP) is 2.70. The number of hydrogen-bond donors (Lipinski definition) is 2. The number of aromatic nitrogens is 1. The van der Waals surface area contributed by atoms with Gasteiger partial charge in [0.25, 0.3) is 0 Å². The lowest BCUT2D eigenvalue weighted by Gasteiger charge is -2.38. The molecule has 94 valence electrons. The summed E-state index contributed by atoms with van der Waals surface area (Å²) in [6.07, 6.45) is 5.41. The van der Waals surface area contributed by atoms with Crippen LogP contribution in [0.25, 0.3) is 0 Å².